The highest BCUT2D eigenvalue weighted by Crippen LogP contribution is 2.20. The second-order valence-corrected chi connectivity index (χ2v) is 8.33. The molecule has 0 aliphatic carbocycles. The van der Waals surface area contributed by atoms with Gasteiger partial charge in [0.1, 0.15) is 4.21 Å². The van der Waals surface area contributed by atoms with Gasteiger partial charge < -0.3 is 5.32 Å². The summed E-state index contributed by atoms with van der Waals surface area (Å²) in [6, 6.07) is 10.1. The van der Waals surface area contributed by atoms with Crippen LogP contribution in [0.15, 0.2) is 46.0 Å². The largest absolute Gasteiger partial charge is 0.356 e. The molecular formula is C17H22N2O3S2. The molecule has 0 unspecified atom stereocenters. The van der Waals surface area contributed by atoms with Crippen molar-refractivity contribution >= 4 is 33.0 Å². The molecule has 1 heterocycles. The molecule has 0 fully saturated rings. The normalized spacial score (nSPS) is 11.2. The molecule has 0 aliphatic rings. The number of amides is 1. The van der Waals surface area contributed by atoms with Crippen molar-refractivity contribution in [3.05, 3.63) is 47.3 Å². The Balaban J connectivity index is 1.88. The van der Waals surface area contributed by atoms with Gasteiger partial charge in [0.05, 0.1) is 6.42 Å². The van der Waals surface area contributed by atoms with Crippen LogP contribution in [0, 0.1) is 0 Å². The van der Waals surface area contributed by atoms with Crippen LogP contribution in [0.25, 0.3) is 0 Å². The van der Waals surface area contributed by atoms with Crippen LogP contribution in [0.1, 0.15) is 31.7 Å². The molecule has 24 heavy (non-hydrogen) atoms. The summed E-state index contributed by atoms with van der Waals surface area (Å²) in [4.78, 5) is 11.8. The fourth-order valence-corrected chi connectivity index (χ4v) is 4.21. The Labute approximate surface area is 147 Å². The summed E-state index contributed by atoms with van der Waals surface area (Å²) < 4.78 is 27.1. The van der Waals surface area contributed by atoms with Gasteiger partial charge in [-0.3, -0.25) is 9.52 Å². The fraction of sp³-hybridized carbons (Fsp3) is 0.353. The van der Waals surface area contributed by atoms with Crippen LogP contribution in [0.4, 0.5) is 5.69 Å². The minimum Gasteiger partial charge on any atom is -0.356 e. The van der Waals surface area contributed by atoms with Crippen LogP contribution in [0.2, 0.25) is 0 Å². The summed E-state index contributed by atoms with van der Waals surface area (Å²) in [5.74, 6) is -0.0157. The molecule has 1 amide bonds. The van der Waals surface area contributed by atoms with E-state index in [-0.39, 0.29) is 10.1 Å². The smallest absolute Gasteiger partial charge is 0.271 e. The summed E-state index contributed by atoms with van der Waals surface area (Å²) in [6.07, 6.45) is 3.52. The zero-order valence-corrected chi connectivity index (χ0v) is 15.3. The Morgan fingerprint density at radius 1 is 1.12 bits per heavy atom. The Kier molecular flexibility index (Phi) is 6.81. The van der Waals surface area contributed by atoms with Gasteiger partial charge in [-0.2, -0.15) is 0 Å². The third-order valence-electron chi connectivity index (χ3n) is 3.43. The molecule has 0 aliphatic heterocycles. The molecule has 2 aromatic rings. The highest BCUT2D eigenvalue weighted by Gasteiger charge is 2.15. The summed E-state index contributed by atoms with van der Waals surface area (Å²) >= 11 is 1.17. The van der Waals surface area contributed by atoms with E-state index in [1.807, 2.05) is 0 Å². The second-order valence-electron chi connectivity index (χ2n) is 5.47. The molecule has 0 radical (unpaired) electrons. The van der Waals surface area contributed by atoms with E-state index >= 15 is 0 Å². The number of thiophene rings is 1. The van der Waals surface area contributed by atoms with Gasteiger partial charge in [-0.25, -0.2) is 8.42 Å². The zero-order valence-electron chi connectivity index (χ0n) is 13.6. The van der Waals surface area contributed by atoms with Crippen molar-refractivity contribution in [2.75, 3.05) is 11.3 Å². The number of rotatable bonds is 9. The average molecular weight is 367 g/mol. The van der Waals surface area contributed by atoms with Gasteiger partial charge in [-0.15, -0.1) is 11.3 Å². The molecule has 2 N–H and O–H groups in total. The standard InChI is InChI=1S/C17H22N2O3S2/c1-2-3-4-11-18-16(20)13-14-7-9-15(10-8-14)19-24(21,22)17-6-5-12-23-17/h5-10,12,19H,2-4,11,13H2,1H3,(H,18,20). The van der Waals surface area contributed by atoms with Crippen LogP contribution >= 0.6 is 11.3 Å². The summed E-state index contributed by atoms with van der Waals surface area (Å²) in [5, 5.41) is 4.61. The number of benzene rings is 1. The molecule has 2 rings (SSSR count). The maximum Gasteiger partial charge on any atom is 0.271 e. The van der Waals surface area contributed by atoms with Crippen molar-refractivity contribution in [2.45, 2.75) is 36.8 Å². The molecular weight excluding hydrogens is 344 g/mol. The third kappa shape index (κ3) is 5.65. The lowest BCUT2D eigenvalue weighted by Gasteiger charge is -2.08. The van der Waals surface area contributed by atoms with Crippen molar-refractivity contribution in [3.8, 4) is 0 Å². The molecule has 0 bridgehead atoms. The number of sulfonamides is 1. The lowest BCUT2D eigenvalue weighted by molar-refractivity contribution is -0.120. The second kappa shape index (κ2) is 8.84. The van der Waals surface area contributed by atoms with E-state index in [4.69, 9.17) is 0 Å². The van der Waals surface area contributed by atoms with Gasteiger partial charge >= 0.3 is 0 Å². The van der Waals surface area contributed by atoms with Crippen molar-refractivity contribution in [1.29, 1.82) is 0 Å². The third-order valence-corrected chi connectivity index (χ3v) is 6.21. The molecule has 130 valence electrons. The first-order chi connectivity index (χ1) is 11.5. The van der Waals surface area contributed by atoms with Gasteiger partial charge in [0.15, 0.2) is 0 Å². The van der Waals surface area contributed by atoms with E-state index in [9.17, 15) is 13.2 Å². The topological polar surface area (TPSA) is 75.3 Å². The van der Waals surface area contributed by atoms with Crippen molar-refractivity contribution in [1.82, 2.24) is 5.32 Å². The number of anilines is 1. The van der Waals surface area contributed by atoms with Gasteiger partial charge in [0, 0.05) is 12.2 Å². The van der Waals surface area contributed by atoms with E-state index in [1.165, 1.54) is 11.3 Å². The highest BCUT2D eigenvalue weighted by molar-refractivity contribution is 7.94. The van der Waals surface area contributed by atoms with Crippen molar-refractivity contribution in [2.24, 2.45) is 0 Å². The molecule has 1 aromatic carbocycles. The van der Waals surface area contributed by atoms with E-state index < -0.39 is 10.0 Å². The van der Waals surface area contributed by atoms with E-state index in [0.717, 1.165) is 24.8 Å². The first-order valence-electron chi connectivity index (χ1n) is 7.93. The molecule has 0 atom stereocenters. The SMILES string of the molecule is CCCCCNC(=O)Cc1ccc(NS(=O)(=O)c2cccs2)cc1. The summed E-state index contributed by atoms with van der Waals surface area (Å²) in [7, 11) is -3.53. The van der Waals surface area contributed by atoms with Gasteiger partial charge in [-0.05, 0) is 35.6 Å². The molecule has 7 heteroatoms. The number of hydrogen-bond acceptors (Lipinski definition) is 4. The van der Waals surface area contributed by atoms with Crippen molar-refractivity contribution in [3.63, 3.8) is 0 Å². The summed E-state index contributed by atoms with van der Waals surface area (Å²) in [5.41, 5.74) is 1.33. The Morgan fingerprint density at radius 3 is 2.50 bits per heavy atom. The fourth-order valence-electron chi connectivity index (χ4n) is 2.16. The average Bonchev–Trinajstić information content (AvgIpc) is 3.09. The lowest BCUT2D eigenvalue weighted by atomic mass is 10.1. The maximum atomic E-state index is 12.1. The minimum absolute atomic E-state index is 0.0157. The minimum atomic E-state index is -3.53. The van der Waals surface area contributed by atoms with Gasteiger partial charge in [-0.1, -0.05) is 38.0 Å². The number of carbonyl (C=O) groups is 1. The lowest BCUT2D eigenvalue weighted by Crippen LogP contribution is -2.26. The first kappa shape index (κ1) is 18.5. The van der Waals surface area contributed by atoms with E-state index in [2.05, 4.69) is 17.0 Å². The summed E-state index contributed by atoms with van der Waals surface area (Å²) in [6.45, 7) is 2.82. The molecule has 0 spiro atoms. The quantitative estimate of drug-likeness (QED) is 0.668. The number of unbranched alkanes of at least 4 members (excludes halogenated alkanes) is 2. The maximum absolute atomic E-state index is 12.1. The number of hydrogen-bond donors (Lipinski definition) is 2. The Hall–Kier alpha value is -1.86. The van der Waals surface area contributed by atoms with Crippen LogP contribution in [0.5, 0.6) is 0 Å². The van der Waals surface area contributed by atoms with Crippen LogP contribution < -0.4 is 10.0 Å². The van der Waals surface area contributed by atoms with Crippen molar-refractivity contribution < 1.29 is 13.2 Å². The van der Waals surface area contributed by atoms with Crippen LogP contribution in [-0.4, -0.2) is 20.9 Å². The highest BCUT2D eigenvalue weighted by atomic mass is 32.2. The predicted molar refractivity (Wildman–Crippen MR) is 97.8 cm³/mol. The van der Waals surface area contributed by atoms with Gasteiger partial charge in [0.2, 0.25) is 5.91 Å². The molecule has 0 saturated carbocycles. The van der Waals surface area contributed by atoms with Crippen LogP contribution in [0.3, 0.4) is 0 Å². The molecule has 0 saturated heterocycles. The van der Waals surface area contributed by atoms with Gasteiger partial charge in [0.25, 0.3) is 10.0 Å². The first-order valence-corrected chi connectivity index (χ1v) is 10.3. The van der Waals surface area contributed by atoms with E-state index in [1.54, 1.807) is 41.8 Å². The zero-order chi connectivity index (χ0) is 17.4. The van der Waals surface area contributed by atoms with E-state index in [0.29, 0.717) is 18.7 Å². The number of carbonyl (C=O) groups excluding carboxylic acids is 1. The Morgan fingerprint density at radius 2 is 1.88 bits per heavy atom. The molecule has 5 nitrogen and oxygen atoms in total. The number of nitrogens with one attached hydrogen (secondary N) is 2. The molecule has 1 aromatic heterocycles. The predicted octanol–water partition coefficient (Wildman–Crippen LogP) is 3.40. The van der Waals surface area contributed by atoms with Crippen LogP contribution in [-0.2, 0) is 21.2 Å². The Bertz CT molecular complexity index is 739. The monoisotopic (exact) mass is 366 g/mol.